The molecule has 0 spiro atoms. The van der Waals surface area contributed by atoms with Crippen LogP contribution in [0.4, 0.5) is 0 Å². The fourth-order valence-corrected chi connectivity index (χ4v) is 1.88. The highest BCUT2D eigenvalue weighted by Crippen LogP contribution is 2.12. The Balaban J connectivity index is 2.23. The van der Waals surface area contributed by atoms with Gasteiger partial charge in [0.05, 0.1) is 11.9 Å². The summed E-state index contributed by atoms with van der Waals surface area (Å²) in [4.78, 5) is 4.08. The van der Waals surface area contributed by atoms with Crippen LogP contribution < -0.4 is 0 Å². The second-order valence-corrected chi connectivity index (χ2v) is 4.05. The molecule has 1 atom stereocenters. The van der Waals surface area contributed by atoms with Crippen molar-refractivity contribution in [2.75, 3.05) is 0 Å². The van der Waals surface area contributed by atoms with Gasteiger partial charge in [-0.15, -0.1) is 16.7 Å². The number of hydrogen-bond acceptors (Lipinski definition) is 4. The second-order valence-electron chi connectivity index (χ2n) is 3.44. The van der Waals surface area contributed by atoms with Crippen LogP contribution in [-0.2, 0) is 6.42 Å². The van der Waals surface area contributed by atoms with E-state index in [0.717, 1.165) is 25.0 Å². The molecule has 0 saturated carbocycles. The van der Waals surface area contributed by atoms with Gasteiger partial charge in [-0.3, -0.25) is 4.98 Å². The number of fused-ring (bicyclic) bond motifs is 1. The van der Waals surface area contributed by atoms with Crippen molar-refractivity contribution in [3.63, 3.8) is 0 Å². The van der Waals surface area contributed by atoms with Gasteiger partial charge in [0.25, 0.3) is 0 Å². The van der Waals surface area contributed by atoms with Crippen LogP contribution in [0.2, 0.25) is 0 Å². The Labute approximate surface area is 92.5 Å². The van der Waals surface area contributed by atoms with E-state index in [1.165, 1.54) is 0 Å². The summed E-state index contributed by atoms with van der Waals surface area (Å²) in [6.45, 7) is 2.12. The number of rotatable bonds is 4. The van der Waals surface area contributed by atoms with Gasteiger partial charge in [-0.2, -0.15) is 4.52 Å². The molecule has 0 saturated heterocycles. The van der Waals surface area contributed by atoms with Gasteiger partial charge in [-0.1, -0.05) is 13.3 Å². The smallest absolute Gasteiger partial charge is 0.197 e. The number of aromatic nitrogens is 5. The standard InChI is InChI=1S/C9H12ClN5/c1-2-3-7(10)4-8-5-11-6-9-12-13-14-15(8)9/h5-7H,2-4H2,1H3. The third-order valence-corrected chi connectivity index (χ3v) is 2.58. The molecule has 0 aliphatic carbocycles. The molecule has 0 bridgehead atoms. The third kappa shape index (κ3) is 2.23. The van der Waals surface area contributed by atoms with Crippen molar-refractivity contribution in [1.82, 2.24) is 25.0 Å². The summed E-state index contributed by atoms with van der Waals surface area (Å²) >= 11 is 6.17. The third-order valence-electron chi connectivity index (χ3n) is 2.21. The van der Waals surface area contributed by atoms with E-state index in [2.05, 4.69) is 27.4 Å². The molecular weight excluding hydrogens is 214 g/mol. The van der Waals surface area contributed by atoms with Gasteiger partial charge in [-0.05, 0) is 16.8 Å². The van der Waals surface area contributed by atoms with Crippen molar-refractivity contribution < 1.29 is 0 Å². The molecule has 1 unspecified atom stereocenters. The van der Waals surface area contributed by atoms with Crippen LogP contribution in [0.3, 0.4) is 0 Å². The Bertz CT molecular complexity index is 441. The van der Waals surface area contributed by atoms with E-state index in [-0.39, 0.29) is 5.38 Å². The average Bonchev–Trinajstić information content (AvgIpc) is 2.67. The maximum absolute atomic E-state index is 6.17. The summed E-state index contributed by atoms with van der Waals surface area (Å²) in [7, 11) is 0. The van der Waals surface area contributed by atoms with Gasteiger partial charge in [0.1, 0.15) is 0 Å². The largest absolute Gasteiger partial charge is 0.259 e. The molecule has 6 heteroatoms. The molecule has 0 aromatic carbocycles. The second kappa shape index (κ2) is 4.53. The molecule has 2 rings (SSSR count). The molecule has 0 amide bonds. The minimum absolute atomic E-state index is 0.117. The van der Waals surface area contributed by atoms with Crippen LogP contribution in [0.5, 0.6) is 0 Å². The summed E-state index contributed by atoms with van der Waals surface area (Å²) < 4.78 is 1.68. The zero-order chi connectivity index (χ0) is 10.7. The topological polar surface area (TPSA) is 56.0 Å². The van der Waals surface area contributed by atoms with Gasteiger partial charge in [0.2, 0.25) is 0 Å². The van der Waals surface area contributed by atoms with Crippen LogP contribution in [0, 0.1) is 0 Å². The molecule has 0 fully saturated rings. The van der Waals surface area contributed by atoms with Crippen molar-refractivity contribution >= 4 is 17.2 Å². The quantitative estimate of drug-likeness (QED) is 0.740. The van der Waals surface area contributed by atoms with Gasteiger partial charge in [0, 0.05) is 18.0 Å². The fraction of sp³-hybridized carbons (Fsp3) is 0.556. The summed E-state index contributed by atoms with van der Waals surface area (Å²) in [5.74, 6) is 0. The Kier molecular flexibility index (Phi) is 3.11. The molecule has 0 radical (unpaired) electrons. The van der Waals surface area contributed by atoms with Crippen molar-refractivity contribution in [2.24, 2.45) is 0 Å². The lowest BCUT2D eigenvalue weighted by Gasteiger charge is -2.07. The van der Waals surface area contributed by atoms with E-state index in [1.54, 1.807) is 16.9 Å². The first kappa shape index (κ1) is 10.3. The maximum atomic E-state index is 6.17. The highest BCUT2D eigenvalue weighted by atomic mass is 35.5. The predicted molar refractivity (Wildman–Crippen MR) is 56.8 cm³/mol. The minimum atomic E-state index is 0.117. The lowest BCUT2D eigenvalue weighted by Crippen LogP contribution is -2.08. The Morgan fingerprint density at radius 1 is 1.47 bits per heavy atom. The normalized spacial score (nSPS) is 13.2. The molecule has 2 heterocycles. The first-order valence-electron chi connectivity index (χ1n) is 4.96. The Hall–Kier alpha value is -1.23. The molecule has 2 aromatic rings. The summed E-state index contributed by atoms with van der Waals surface area (Å²) in [6.07, 6.45) is 6.19. The van der Waals surface area contributed by atoms with Crippen LogP contribution in [0.25, 0.3) is 5.65 Å². The first-order valence-corrected chi connectivity index (χ1v) is 5.40. The first-order chi connectivity index (χ1) is 7.31. The van der Waals surface area contributed by atoms with Gasteiger partial charge in [0.15, 0.2) is 5.65 Å². The molecule has 2 aromatic heterocycles. The Morgan fingerprint density at radius 3 is 3.13 bits per heavy atom. The molecule has 5 nitrogen and oxygen atoms in total. The number of nitrogens with zero attached hydrogens (tertiary/aromatic N) is 5. The zero-order valence-corrected chi connectivity index (χ0v) is 9.22. The molecule has 0 N–H and O–H groups in total. The number of hydrogen-bond donors (Lipinski definition) is 0. The van der Waals surface area contributed by atoms with Gasteiger partial charge >= 0.3 is 0 Å². The van der Waals surface area contributed by atoms with E-state index >= 15 is 0 Å². The highest BCUT2D eigenvalue weighted by Gasteiger charge is 2.09. The number of tetrazole rings is 1. The van der Waals surface area contributed by atoms with Crippen molar-refractivity contribution in [1.29, 1.82) is 0 Å². The highest BCUT2D eigenvalue weighted by molar-refractivity contribution is 6.20. The van der Waals surface area contributed by atoms with Crippen LogP contribution >= 0.6 is 11.6 Å². The molecule has 80 valence electrons. The van der Waals surface area contributed by atoms with E-state index in [1.807, 2.05) is 0 Å². The predicted octanol–water partition coefficient (Wildman–Crippen LogP) is 1.47. The van der Waals surface area contributed by atoms with Gasteiger partial charge in [-0.25, -0.2) is 0 Å². The molecule has 0 aliphatic heterocycles. The molecule has 15 heavy (non-hydrogen) atoms. The lowest BCUT2D eigenvalue weighted by atomic mass is 10.1. The Morgan fingerprint density at radius 2 is 2.33 bits per heavy atom. The van der Waals surface area contributed by atoms with Crippen molar-refractivity contribution in [3.8, 4) is 0 Å². The van der Waals surface area contributed by atoms with Crippen molar-refractivity contribution in [2.45, 2.75) is 31.6 Å². The SMILES string of the molecule is CCCC(Cl)Cc1cncc2nnnn12. The monoisotopic (exact) mass is 225 g/mol. The average molecular weight is 226 g/mol. The van der Waals surface area contributed by atoms with Crippen LogP contribution in [0.1, 0.15) is 25.5 Å². The lowest BCUT2D eigenvalue weighted by molar-refractivity contribution is 0.686. The number of halogens is 1. The summed E-state index contributed by atoms with van der Waals surface area (Å²) in [5, 5.41) is 11.4. The minimum Gasteiger partial charge on any atom is -0.259 e. The van der Waals surface area contributed by atoms with E-state index in [9.17, 15) is 0 Å². The van der Waals surface area contributed by atoms with Gasteiger partial charge < -0.3 is 0 Å². The maximum Gasteiger partial charge on any atom is 0.197 e. The zero-order valence-electron chi connectivity index (χ0n) is 8.47. The van der Waals surface area contributed by atoms with E-state index in [4.69, 9.17) is 11.6 Å². The van der Waals surface area contributed by atoms with E-state index in [0.29, 0.717) is 5.65 Å². The fourth-order valence-electron chi connectivity index (χ4n) is 1.51. The molecule has 0 aliphatic rings. The van der Waals surface area contributed by atoms with Crippen LogP contribution in [0.15, 0.2) is 12.4 Å². The number of alkyl halides is 1. The summed E-state index contributed by atoms with van der Waals surface area (Å²) in [6, 6.07) is 0. The molecular formula is C9H12ClN5. The van der Waals surface area contributed by atoms with Crippen LogP contribution in [-0.4, -0.2) is 30.4 Å². The van der Waals surface area contributed by atoms with Crippen molar-refractivity contribution in [3.05, 3.63) is 18.1 Å². The van der Waals surface area contributed by atoms with E-state index < -0.39 is 0 Å². The summed E-state index contributed by atoms with van der Waals surface area (Å²) in [5.41, 5.74) is 1.61.